The van der Waals surface area contributed by atoms with Crippen LogP contribution < -0.4 is 14.8 Å². The van der Waals surface area contributed by atoms with Crippen LogP contribution in [0, 0.1) is 0 Å². The Balaban J connectivity index is 1.93. The molecule has 3 nitrogen and oxygen atoms in total. The normalized spacial score (nSPS) is 23.1. The van der Waals surface area contributed by atoms with Gasteiger partial charge in [-0.05, 0) is 24.1 Å². The first-order valence-electron chi connectivity index (χ1n) is 6.29. The maximum atomic E-state index is 5.31. The summed E-state index contributed by atoms with van der Waals surface area (Å²) in [6, 6.07) is 6.72. The number of thioether (sulfide) groups is 1. The predicted molar refractivity (Wildman–Crippen MR) is 76.7 cm³/mol. The fraction of sp³-hybridized carbons (Fsp3) is 0.571. The quantitative estimate of drug-likeness (QED) is 0.888. The van der Waals surface area contributed by atoms with E-state index in [2.05, 4.69) is 18.3 Å². The van der Waals surface area contributed by atoms with E-state index in [1.807, 2.05) is 23.9 Å². The summed E-state index contributed by atoms with van der Waals surface area (Å²) in [4.78, 5) is 0. The molecule has 2 rings (SSSR count). The van der Waals surface area contributed by atoms with Gasteiger partial charge in [0.25, 0.3) is 0 Å². The zero-order chi connectivity index (χ0) is 13.0. The van der Waals surface area contributed by atoms with Crippen molar-refractivity contribution < 1.29 is 9.47 Å². The van der Waals surface area contributed by atoms with Crippen LogP contribution in [-0.4, -0.2) is 31.3 Å². The zero-order valence-corrected chi connectivity index (χ0v) is 12.0. The van der Waals surface area contributed by atoms with Crippen LogP contribution in [0.5, 0.6) is 11.5 Å². The van der Waals surface area contributed by atoms with Crippen molar-refractivity contribution in [3.63, 3.8) is 0 Å². The highest BCUT2D eigenvalue weighted by Gasteiger charge is 2.21. The molecule has 1 saturated heterocycles. The molecule has 0 bridgehead atoms. The van der Waals surface area contributed by atoms with Gasteiger partial charge in [0.15, 0.2) is 11.5 Å². The standard InChI is InChI=1S/C14H21NO2S/c1-10-6-12(9-18-10)15-8-11-4-5-13(16-2)14(7-11)17-3/h4-5,7,10,12,15H,6,8-9H2,1-3H3. The molecule has 1 aromatic carbocycles. The second kappa shape index (κ2) is 6.34. The number of hydrogen-bond donors (Lipinski definition) is 1. The van der Waals surface area contributed by atoms with Gasteiger partial charge in [0.2, 0.25) is 0 Å². The third-order valence-corrected chi connectivity index (χ3v) is 4.60. The molecule has 0 spiro atoms. The summed E-state index contributed by atoms with van der Waals surface area (Å²) in [7, 11) is 3.33. The van der Waals surface area contributed by atoms with Crippen LogP contribution in [-0.2, 0) is 6.54 Å². The van der Waals surface area contributed by atoms with Crippen molar-refractivity contribution in [2.45, 2.75) is 31.2 Å². The molecule has 100 valence electrons. The van der Waals surface area contributed by atoms with Crippen LogP contribution in [0.2, 0.25) is 0 Å². The smallest absolute Gasteiger partial charge is 0.161 e. The minimum absolute atomic E-state index is 0.637. The zero-order valence-electron chi connectivity index (χ0n) is 11.2. The fourth-order valence-electron chi connectivity index (χ4n) is 2.21. The summed E-state index contributed by atoms with van der Waals surface area (Å²) in [5.41, 5.74) is 1.23. The molecule has 1 N–H and O–H groups in total. The second-order valence-electron chi connectivity index (χ2n) is 4.65. The van der Waals surface area contributed by atoms with Crippen LogP contribution in [0.1, 0.15) is 18.9 Å². The van der Waals surface area contributed by atoms with Crippen molar-refractivity contribution in [3.05, 3.63) is 23.8 Å². The molecule has 1 aliphatic heterocycles. The molecule has 1 heterocycles. The van der Waals surface area contributed by atoms with Crippen LogP contribution in [0.15, 0.2) is 18.2 Å². The van der Waals surface area contributed by atoms with E-state index in [4.69, 9.17) is 9.47 Å². The molecule has 1 aromatic rings. The first kappa shape index (κ1) is 13.6. The predicted octanol–water partition coefficient (Wildman–Crippen LogP) is 2.69. The number of ether oxygens (including phenoxy) is 2. The Kier molecular flexibility index (Phi) is 4.78. The van der Waals surface area contributed by atoms with E-state index in [0.717, 1.165) is 23.3 Å². The minimum atomic E-state index is 0.637. The first-order chi connectivity index (χ1) is 8.72. The van der Waals surface area contributed by atoms with Gasteiger partial charge in [-0.3, -0.25) is 0 Å². The SMILES string of the molecule is COc1ccc(CNC2CSC(C)C2)cc1OC. The summed E-state index contributed by atoms with van der Waals surface area (Å²) >= 11 is 2.05. The summed E-state index contributed by atoms with van der Waals surface area (Å²) in [6.45, 7) is 3.18. The van der Waals surface area contributed by atoms with Gasteiger partial charge in [0.1, 0.15) is 0 Å². The molecular weight excluding hydrogens is 246 g/mol. The Morgan fingerprint density at radius 1 is 1.28 bits per heavy atom. The molecule has 0 amide bonds. The van der Waals surface area contributed by atoms with Crippen molar-refractivity contribution in [2.24, 2.45) is 0 Å². The lowest BCUT2D eigenvalue weighted by Gasteiger charge is -2.13. The summed E-state index contributed by atoms with van der Waals surface area (Å²) in [5.74, 6) is 2.80. The van der Waals surface area contributed by atoms with Crippen LogP contribution in [0.4, 0.5) is 0 Å². The lowest BCUT2D eigenvalue weighted by atomic mass is 10.1. The lowest BCUT2D eigenvalue weighted by molar-refractivity contribution is 0.354. The van der Waals surface area contributed by atoms with E-state index in [1.165, 1.54) is 17.7 Å². The third kappa shape index (κ3) is 3.33. The maximum absolute atomic E-state index is 5.31. The van der Waals surface area contributed by atoms with E-state index >= 15 is 0 Å². The first-order valence-corrected chi connectivity index (χ1v) is 7.33. The van der Waals surface area contributed by atoms with E-state index in [0.29, 0.717) is 6.04 Å². The monoisotopic (exact) mass is 267 g/mol. The molecule has 0 aliphatic carbocycles. The van der Waals surface area contributed by atoms with Crippen molar-refractivity contribution >= 4 is 11.8 Å². The van der Waals surface area contributed by atoms with Gasteiger partial charge in [-0.1, -0.05) is 13.0 Å². The number of hydrogen-bond acceptors (Lipinski definition) is 4. The molecule has 0 saturated carbocycles. The Labute approximate surface area is 113 Å². The number of methoxy groups -OCH3 is 2. The highest BCUT2D eigenvalue weighted by Crippen LogP contribution is 2.28. The molecular formula is C14H21NO2S. The van der Waals surface area contributed by atoms with Crippen molar-refractivity contribution in [1.82, 2.24) is 5.32 Å². The molecule has 18 heavy (non-hydrogen) atoms. The van der Waals surface area contributed by atoms with E-state index in [9.17, 15) is 0 Å². The van der Waals surface area contributed by atoms with Gasteiger partial charge in [0, 0.05) is 23.6 Å². The van der Waals surface area contributed by atoms with Crippen LogP contribution in [0.3, 0.4) is 0 Å². The van der Waals surface area contributed by atoms with E-state index in [-0.39, 0.29) is 0 Å². The third-order valence-electron chi connectivity index (χ3n) is 3.24. The maximum Gasteiger partial charge on any atom is 0.161 e. The molecule has 2 atom stereocenters. The Morgan fingerprint density at radius 3 is 2.67 bits per heavy atom. The summed E-state index contributed by atoms with van der Waals surface area (Å²) in [5, 5.41) is 4.38. The van der Waals surface area contributed by atoms with Crippen molar-refractivity contribution in [1.29, 1.82) is 0 Å². The van der Waals surface area contributed by atoms with Crippen LogP contribution >= 0.6 is 11.8 Å². The largest absolute Gasteiger partial charge is 0.493 e. The molecule has 4 heteroatoms. The number of rotatable bonds is 5. The molecule has 0 aromatic heterocycles. The van der Waals surface area contributed by atoms with E-state index in [1.54, 1.807) is 14.2 Å². The molecule has 1 fully saturated rings. The van der Waals surface area contributed by atoms with Gasteiger partial charge in [-0.2, -0.15) is 11.8 Å². The highest BCUT2D eigenvalue weighted by atomic mass is 32.2. The van der Waals surface area contributed by atoms with Gasteiger partial charge in [0.05, 0.1) is 14.2 Å². The van der Waals surface area contributed by atoms with Crippen molar-refractivity contribution in [2.75, 3.05) is 20.0 Å². The Hall–Kier alpha value is -0.870. The Bertz CT molecular complexity index is 397. The average molecular weight is 267 g/mol. The topological polar surface area (TPSA) is 30.5 Å². The summed E-state index contributed by atoms with van der Waals surface area (Å²) < 4.78 is 10.5. The minimum Gasteiger partial charge on any atom is -0.493 e. The fourth-order valence-corrected chi connectivity index (χ4v) is 3.40. The molecule has 0 radical (unpaired) electrons. The van der Waals surface area contributed by atoms with Crippen LogP contribution in [0.25, 0.3) is 0 Å². The average Bonchev–Trinajstić information content (AvgIpc) is 2.81. The number of nitrogens with one attached hydrogen (secondary N) is 1. The molecule has 1 aliphatic rings. The van der Waals surface area contributed by atoms with Crippen molar-refractivity contribution in [3.8, 4) is 11.5 Å². The molecule has 2 unspecified atom stereocenters. The second-order valence-corrected chi connectivity index (χ2v) is 6.12. The van der Waals surface area contributed by atoms with Gasteiger partial charge in [-0.15, -0.1) is 0 Å². The van der Waals surface area contributed by atoms with Gasteiger partial charge in [-0.25, -0.2) is 0 Å². The van der Waals surface area contributed by atoms with E-state index < -0.39 is 0 Å². The summed E-state index contributed by atoms with van der Waals surface area (Å²) in [6.07, 6.45) is 1.26. The number of benzene rings is 1. The Morgan fingerprint density at radius 2 is 2.06 bits per heavy atom. The lowest BCUT2D eigenvalue weighted by Crippen LogP contribution is -2.28. The highest BCUT2D eigenvalue weighted by molar-refractivity contribution is 8.00. The van der Waals surface area contributed by atoms with Gasteiger partial charge >= 0.3 is 0 Å². The van der Waals surface area contributed by atoms with Gasteiger partial charge < -0.3 is 14.8 Å².